The van der Waals surface area contributed by atoms with E-state index in [-0.39, 0.29) is 17.3 Å². The standard InChI is InChI=1S/C21H19ClN2O2/c22-19(6-3-9-23-12-25)13-7-8-15-14(10-13)11-18-16-4-1-2-5-17(16)21(26)24-20(15)18/h1-2,4-5,7-8,10-12,19-20H,3,6,9H2,(H,23,25)(H,24,26). The first kappa shape index (κ1) is 16.9. The zero-order chi connectivity index (χ0) is 18.1. The first-order chi connectivity index (χ1) is 12.7. The first-order valence-corrected chi connectivity index (χ1v) is 9.19. The largest absolute Gasteiger partial charge is 0.359 e. The fourth-order valence-corrected chi connectivity index (χ4v) is 4.02. The van der Waals surface area contributed by atoms with Crippen molar-refractivity contribution < 1.29 is 9.59 Å². The smallest absolute Gasteiger partial charge is 0.252 e. The van der Waals surface area contributed by atoms with Crippen LogP contribution in [-0.4, -0.2) is 18.9 Å². The minimum absolute atomic E-state index is 0.0300. The summed E-state index contributed by atoms with van der Waals surface area (Å²) in [6, 6.07) is 13.8. The number of benzene rings is 2. The Morgan fingerprint density at radius 2 is 2.00 bits per heavy atom. The van der Waals surface area contributed by atoms with Gasteiger partial charge in [0.15, 0.2) is 0 Å². The molecule has 2 aromatic carbocycles. The lowest BCUT2D eigenvalue weighted by Crippen LogP contribution is -2.33. The summed E-state index contributed by atoms with van der Waals surface area (Å²) < 4.78 is 0. The number of halogens is 1. The lowest BCUT2D eigenvalue weighted by molar-refractivity contribution is -0.109. The van der Waals surface area contributed by atoms with Gasteiger partial charge in [-0.3, -0.25) is 9.59 Å². The second kappa shape index (κ2) is 6.96. The summed E-state index contributed by atoms with van der Waals surface area (Å²) in [7, 11) is 0. The highest BCUT2D eigenvalue weighted by Gasteiger charge is 2.34. The molecule has 0 saturated carbocycles. The van der Waals surface area contributed by atoms with E-state index >= 15 is 0 Å². The second-order valence-electron chi connectivity index (χ2n) is 6.62. The van der Waals surface area contributed by atoms with Gasteiger partial charge < -0.3 is 10.6 Å². The van der Waals surface area contributed by atoms with Crippen LogP contribution in [0.5, 0.6) is 0 Å². The van der Waals surface area contributed by atoms with Crippen molar-refractivity contribution in [3.8, 4) is 0 Å². The number of rotatable bonds is 6. The third kappa shape index (κ3) is 2.90. The molecule has 4 nitrogen and oxygen atoms in total. The fourth-order valence-electron chi connectivity index (χ4n) is 3.73. The van der Waals surface area contributed by atoms with Crippen LogP contribution < -0.4 is 10.6 Å². The quantitative estimate of drug-likeness (QED) is 0.463. The van der Waals surface area contributed by atoms with E-state index in [1.54, 1.807) is 0 Å². The summed E-state index contributed by atoms with van der Waals surface area (Å²) in [4.78, 5) is 22.7. The van der Waals surface area contributed by atoms with Gasteiger partial charge in [0.25, 0.3) is 5.91 Å². The molecule has 2 aliphatic rings. The van der Waals surface area contributed by atoms with Crippen LogP contribution in [0.2, 0.25) is 0 Å². The van der Waals surface area contributed by atoms with Crippen LogP contribution in [-0.2, 0) is 4.79 Å². The molecule has 2 N–H and O–H groups in total. The van der Waals surface area contributed by atoms with Gasteiger partial charge in [-0.15, -0.1) is 11.6 Å². The van der Waals surface area contributed by atoms with E-state index in [2.05, 4.69) is 28.8 Å². The van der Waals surface area contributed by atoms with Crippen LogP contribution >= 0.6 is 11.6 Å². The van der Waals surface area contributed by atoms with E-state index in [1.807, 2.05) is 30.3 Å². The van der Waals surface area contributed by atoms with Gasteiger partial charge in [-0.25, -0.2) is 0 Å². The lowest BCUT2D eigenvalue weighted by atomic mass is 9.90. The molecule has 2 atom stereocenters. The van der Waals surface area contributed by atoms with Crippen molar-refractivity contribution >= 4 is 35.6 Å². The molecule has 0 saturated heterocycles. The number of alkyl halides is 1. The van der Waals surface area contributed by atoms with Crippen molar-refractivity contribution in [3.63, 3.8) is 0 Å². The molecule has 2 unspecified atom stereocenters. The van der Waals surface area contributed by atoms with Gasteiger partial charge in [-0.1, -0.05) is 30.3 Å². The molecule has 0 radical (unpaired) electrons. The minimum atomic E-state index is -0.100. The van der Waals surface area contributed by atoms with E-state index in [0.717, 1.165) is 46.2 Å². The number of fused-ring (bicyclic) bond motifs is 5. The molecule has 4 rings (SSSR count). The Balaban J connectivity index is 1.60. The molecule has 1 heterocycles. The first-order valence-electron chi connectivity index (χ1n) is 8.76. The van der Waals surface area contributed by atoms with Gasteiger partial charge in [0, 0.05) is 12.1 Å². The summed E-state index contributed by atoms with van der Waals surface area (Å²) in [5, 5.41) is 5.66. The molecule has 2 amide bonds. The predicted molar refractivity (Wildman–Crippen MR) is 103 cm³/mol. The van der Waals surface area contributed by atoms with Crippen molar-refractivity contribution in [3.05, 3.63) is 70.3 Å². The van der Waals surface area contributed by atoms with Crippen LogP contribution in [0.3, 0.4) is 0 Å². The zero-order valence-corrected chi connectivity index (χ0v) is 14.9. The third-order valence-corrected chi connectivity index (χ3v) is 5.50. The molecular formula is C21H19ClN2O2. The molecule has 0 fully saturated rings. The number of carbonyl (C=O) groups excluding carboxylic acids is 2. The molecule has 1 aliphatic heterocycles. The van der Waals surface area contributed by atoms with Crippen molar-refractivity contribution in [1.29, 1.82) is 0 Å². The molecule has 1 aliphatic carbocycles. The molecule has 5 heteroatoms. The Hall–Kier alpha value is -2.59. The molecule has 0 spiro atoms. The fraction of sp³-hybridized carbons (Fsp3) is 0.238. The highest BCUT2D eigenvalue weighted by Crippen LogP contribution is 2.44. The molecule has 2 aromatic rings. The van der Waals surface area contributed by atoms with Crippen molar-refractivity contribution in [2.75, 3.05) is 6.54 Å². The van der Waals surface area contributed by atoms with E-state index in [9.17, 15) is 9.59 Å². The monoisotopic (exact) mass is 366 g/mol. The summed E-state index contributed by atoms with van der Waals surface area (Å²) in [6.07, 6.45) is 4.48. The molecule has 0 bridgehead atoms. The van der Waals surface area contributed by atoms with Crippen LogP contribution in [0.15, 0.2) is 42.5 Å². The van der Waals surface area contributed by atoms with Crippen LogP contribution in [0.25, 0.3) is 11.6 Å². The number of hydrogen-bond donors (Lipinski definition) is 2. The summed E-state index contributed by atoms with van der Waals surface area (Å²) in [5.41, 5.74) is 6.14. The molecular weight excluding hydrogens is 348 g/mol. The summed E-state index contributed by atoms with van der Waals surface area (Å²) in [5.74, 6) is -0.0300. The Morgan fingerprint density at radius 3 is 2.81 bits per heavy atom. The predicted octanol–water partition coefficient (Wildman–Crippen LogP) is 3.83. The van der Waals surface area contributed by atoms with Crippen molar-refractivity contribution in [2.45, 2.75) is 24.3 Å². The Bertz CT molecular complexity index is 907. The number of nitrogens with one attached hydrogen (secondary N) is 2. The summed E-state index contributed by atoms with van der Waals surface area (Å²) >= 11 is 6.54. The van der Waals surface area contributed by atoms with Crippen LogP contribution in [0.4, 0.5) is 0 Å². The van der Waals surface area contributed by atoms with E-state index in [0.29, 0.717) is 13.0 Å². The molecule has 132 valence electrons. The normalized spacial score (nSPS) is 18.1. The zero-order valence-electron chi connectivity index (χ0n) is 14.2. The van der Waals surface area contributed by atoms with Gasteiger partial charge >= 0.3 is 0 Å². The lowest BCUT2D eigenvalue weighted by Gasteiger charge is -2.26. The second-order valence-corrected chi connectivity index (χ2v) is 7.15. The van der Waals surface area contributed by atoms with Gasteiger partial charge in [-0.2, -0.15) is 0 Å². The maximum Gasteiger partial charge on any atom is 0.252 e. The van der Waals surface area contributed by atoms with E-state index in [1.165, 1.54) is 0 Å². The molecule has 26 heavy (non-hydrogen) atoms. The maximum absolute atomic E-state index is 12.4. The SMILES string of the molecule is O=CNCCCC(Cl)c1ccc2c(c1)C=C1c3ccccc3C(=O)NC12. The number of amides is 2. The van der Waals surface area contributed by atoms with Gasteiger partial charge in [0.1, 0.15) is 0 Å². The maximum atomic E-state index is 12.4. The molecule has 0 aromatic heterocycles. The number of carbonyl (C=O) groups is 2. The van der Waals surface area contributed by atoms with E-state index in [4.69, 9.17) is 11.6 Å². The topological polar surface area (TPSA) is 58.2 Å². The Labute approximate surface area is 157 Å². The van der Waals surface area contributed by atoms with Gasteiger partial charge in [0.2, 0.25) is 6.41 Å². The Kier molecular flexibility index (Phi) is 4.51. The average Bonchev–Trinajstić information content (AvgIpc) is 3.03. The number of hydrogen-bond acceptors (Lipinski definition) is 2. The van der Waals surface area contributed by atoms with Gasteiger partial charge in [-0.05, 0) is 58.9 Å². The van der Waals surface area contributed by atoms with E-state index < -0.39 is 0 Å². The van der Waals surface area contributed by atoms with Crippen molar-refractivity contribution in [1.82, 2.24) is 10.6 Å². The Morgan fingerprint density at radius 1 is 1.19 bits per heavy atom. The summed E-state index contributed by atoms with van der Waals surface area (Å²) in [6.45, 7) is 0.632. The third-order valence-electron chi connectivity index (χ3n) is 5.03. The highest BCUT2D eigenvalue weighted by molar-refractivity contribution is 6.20. The van der Waals surface area contributed by atoms with Crippen LogP contribution in [0.1, 0.15) is 56.9 Å². The van der Waals surface area contributed by atoms with Gasteiger partial charge in [0.05, 0.1) is 11.4 Å². The average molecular weight is 367 g/mol. The minimum Gasteiger partial charge on any atom is -0.359 e. The van der Waals surface area contributed by atoms with Crippen molar-refractivity contribution in [2.24, 2.45) is 0 Å². The van der Waals surface area contributed by atoms with Crippen LogP contribution in [0, 0.1) is 0 Å². The highest BCUT2D eigenvalue weighted by atomic mass is 35.5.